The van der Waals surface area contributed by atoms with Crippen LogP contribution < -0.4 is 9.47 Å². The second kappa shape index (κ2) is 7.92. The predicted molar refractivity (Wildman–Crippen MR) is 103 cm³/mol. The first-order chi connectivity index (χ1) is 13.3. The van der Waals surface area contributed by atoms with Crippen LogP contribution in [0.25, 0.3) is 0 Å². The molecule has 27 heavy (non-hydrogen) atoms. The molecule has 1 atom stereocenters. The third kappa shape index (κ3) is 3.60. The Morgan fingerprint density at radius 1 is 1.04 bits per heavy atom. The number of nitrogens with zero attached hydrogens (tertiary/aromatic N) is 1. The molecular formula is C22H25NO4. The predicted octanol–water partition coefficient (Wildman–Crippen LogP) is 4.07. The highest BCUT2D eigenvalue weighted by Gasteiger charge is 2.32. The molecule has 0 bridgehead atoms. The summed E-state index contributed by atoms with van der Waals surface area (Å²) in [4.78, 5) is 2.45. The summed E-state index contributed by atoms with van der Waals surface area (Å²) in [5.41, 5.74) is 3.94. The lowest BCUT2D eigenvalue weighted by Gasteiger charge is -2.38. The SMILES string of the molecule is COc1cc2c(cc1OC)CN(C(C1=CC=CCC1)C1=COC=CO1)CC2. The molecule has 5 heteroatoms. The zero-order valence-corrected chi connectivity index (χ0v) is 15.8. The second-order valence-electron chi connectivity index (χ2n) is 6.85. The summed E-state index contributed by atoms with van der Waals surface area (Å²) in [6, 6.07) is 4.27. The largest absolute Gasteiger partial charge is 0.493 e. The number of benzene rings is 1. The highest BCUT2D eigenvalue weighted by atomic mass is 16.5. The van der Waals surface area contributed by atoms with Gasteiger partial charge in [-0.1, -0.05) is 18.2 Å². The van der Waals surface area contributed by atoms with E-state index in [2.05, 4.69) is 35.3 Å². The number of rotatable bonds is 5. The molecule has 0 radical (unpaired) electrons. The average molecular weight is 367 g/mol. The van der Waals surface area contributed by atoms with Gasteiger partial charge < -0.3 is 18.9 Å². The van der Waals surface area contributed by atoms with Crippen molar-refractivity contribution in [3.05, 3.63) is 71.6 Å². The highest BCUT2D eigenvalue weighted by Crippen LogP contribution is 2.36. The molecule has 1 aliphatic carbocycles. The Morgan fingerprint density at radius 3 is 2.52 bits per heavy atom. The van der Waals surface area contributed by atoms with Crippen molar-refractivity contribution in [3.63, 3.8) is 0 Å². The normalized spacial score (nSPS) is 19.9. The van der Waals surface area contributed by atoms with E-state index in [4.69, 9.17) is 18.9 Å². The minimum atomic E-state index is 0.0705. The maximum absolute atomic E-state index is 5.82. The van der Waals surface area contributed by atoms with Gasteiger partial charge in [-0.2, -0.15) is 0 Å². The summed E-state index contributed by atoms with van der Waals surface area (Å²) in [5, 5.41) is 0. The molecule has 1 aromatic carbocycles. The summed E-state index contributed by atoms with van der Waals surface area (Å²) in [6.45, 7) is 1.77. The van der Waals surface area contributed by atoms with Gasteiger partial charge in [0.25, 0.3) is 0 Å². The summed E-state index contributed by atoms with van der Waals surface area (Å²) >= 11 is 0. The topological polar surface area (TPSA) is 40.2 Å². The standard InChI is InChI=1S/C22H25NO4/c1-24-19-12-17-8-9-23(14-18(17)13-20(19)25-2)22(16-6-4-3-5-7-16)21-15-26-10-11-27-21/h3-4,6,10-13,15,22H,5,7-9,14H2,1-2H3. The Bertz CT molecular complexity index is 822. The fourth-order valence-corrected chi connectivity index (χ4v) is 3.97. The van der Waals surface area contributed by atoms with E-state index in [0.29, 0.717) is 0 Å². The Kier molecular flexibility index (Phi) is 5.21. The second-order valence-corrected chi connectivity index (χ2v) is 6.85. The van der Waals surface area contributed by atoms with E-state index in [1.165, 1.54) is 16.7 Å². The molecule has 0 spiro atoms. The molecule has 4 rings (SSSR count). The number of methoxy groups -OCH3 is 2. The summed E-state index contributed by atoms with van der Waals surface area (Å²) in [6.07, 6.45) is 14.5. The maximum atomic E-state index is 5.82. The third-order valence-electron chi connectivity index (χ3n) is 5.30. The van der Waals surface area contributed by atoms with Crippen LogP contribution >= 0.6 is 0 Å². The van der Waals surface area contributed by atoms with Crippen LogP contribution in [0.15, 0.2) is 60.5 Å². The zero-order valence-electron chi connectivity index (χ0n) is 15.8. The van der Waals surface area contributed by atoms with Crippen LogP contribution in [0, 0.1) is 0 Å². The van der Waals surface area contributed by atoms with Gasteiger partial charge in [-0.15, -0.1) is 0 Å². The van der Waals surface area contributed by atoms with E-state index < -0.39 is 0 Å². The maximum Gasteiger partial charge on any atom is 0.161 e. The van der Waals surface area contributed by atoms with E-state index >= 15 is 0 Å². The molecule has 1 aromatic rings. The number of ether oxygens (including phenoxy) is 4. The number of allylic oxidation sites excluding steroid dienone is 3. The number of hydrogen-bond donors (Lipinski definition) is 0. The van der Waals surface area contributed by atoms with Crippen molar-refractivity contribution in [2.24, 2.45) is 0 Å². The molecule has 0 aromatic heterocycles. The first-order valence-electron chi connectivity index (χ1n) is 9.30. The Morgan fingerprint density at radius 2 is 1.85 bits per heavy atom. The van der Waals surface area contributed by atoms with Crippen LogP contribution in [0.5, 0.6) is 11.5 Å². The first-order valence-corrected chi connectivity index (χ1v) is 9.30. The first kappa shape index (κ1) is 17.7. The molecule has 2 aliphatic heterocycles. The molecule has 0 saturated heterocycles. The Balaban J connectivity index is 1.65. The van der Waals surface area contributed by atoms with Crippen molar-refractivity contribution in [1.82, 2.24) is 4.90 Å². The van der Waals surface area contributed by atoms with Crippen molar-refractivity contribution in [2.75, 3.05) is 20.8 Å². The van der Waals surface area contributed by atoms with Gasteiger partial charge in [0, 0.05) is 13.1 Å². The van der Waals surface area contributed by atoms with Crippen molar-refractivity contribution < 1.29 is 18.9 Å². The van der Waals surface area contributed by atoms with Crippen molar-refractivity contribution in [3.8, 4) is 11.5 Å². The van der Waals surface area contributed by atoms with Crippen molar-refractivity contribution in [1.29, 1.82) is 0 Å². The minimum absolute atomic E-state index is 0.0705. The lowest BCUT2D eigenvalue weighted by molar-refractivity contribution is 0.149. The molecule has 3 aliphatic rings. The molecule has 2 heterocycles. The number of hydrogen-bond acceptors (Lipinski definition) is 5. The van der Waals surface area contributed by atoms with Crippen LogP contribution in [0.4, 0.5) is 0 Å². The van der Waals surface area contributed by atoms with E-state index in [-0.39, 0.29) is 6.04 Å². The summed E-state index contributed by atoms with van der Waals surface area (Å²) in [5.74, 6) is 2.40. The van der Waals surface area contributed by atoms with Crippen LogP contribution in [0.3, 0.4) is 0 Å². The van der Waals surface area contributed by atoms with Crippen LogP contribution in [-0.2, 0) is 22.4 Å². The molecular weight excluding hydrogens is 342 g/mol. The smallest absolute Gasteiger partial charge is 0.161 e. The molecule has 0 saturated carbocycles. The fourth-order valence-electron chi connectivity index (χ4n) is 3.97. The summed E-state index contributed by atoms with van der Waals surface area (Å²) in [7, 11) is 3.36. The van der Waals surface area contributed by atoms with Crippen molar-refractivity contribution >= 4 is 0 Å². The van der Waals surface area contributed by atoms with E-state index in [9.17, 15) is 0 Å². The lowest BCUT2D eigenvalue weighted by Crippen LogP contribution is -2.42. The van der Waals surface area contributed by atoms with Crippen LogP contribution in [0.1, 0.15) is 24.0 Å². The Hall–Kier alpha value is -2.66. The van der Waals surface area contributed by atoms with Gasteiger partial charge in [-0.3, -0.25) is 4.90 Å². The van der Waals surface area contributed by atoms with Gasteiger partial charge in [0.2, 0.25) is 0 Å². The van der Waals surface area contributed by atoms with Gasteiger partial charge in [0.05, 0.1) is 20.3 Å². The van der Waals surface area contributed by atoms with E-state index in [1.54, 1.807) is 33.0 Å². The number of fused-ring (bicyclic) bond motifs is 1. The fraction of sp³-hybridized carbons (Fsp3) is 0.364. The van der Waals surface area contributed by atoms with Gasteiger partial charge in [0.15, 0.2) is 17.3 Å². The molecule has 142 valence electrons. The van der Waals surface area contributed by atoms with Crippen LogP contribution in [0.2, 0.25) is 0 Å². The molecule has 5 nitrogen and oxygen atoms in total. The monoisotopic (exact) mass is 367 g/mol. The van der Waals surface area contributed by atoms with Gasteiger partial charge >= 0.3 is 0 Å². The van der Waals surface area contributed by atoms with E-state index in [0.717, 1.165) is 49.6 Å². The zero-order chi connectivity index (χ0) is 18.6. The van der Waals surface area contributed by atoms with Gasteiger partial charge in [-0.05, 0) is 48.1 Å². The van der Waals surface area contributed by atoms with Gasteiger partial charge in [-0.25, -0.2) is 0 Å². The average Bonchev–Trinajstić information content (AvgIpc) is 2.74. The van der Waals surface area contributed by atoms with Crippen molar-refractivity contribution in [2.45, 2.75) is 31.8 Å². The Labute approximate surface area is 160 Å². The van der Waals surface area contributed by atoms with E-state index in [1.807, 2.05) is 0 Å². The highest BCUT2D eigenvalue weighted by molar-refractivity contribution is 5.48. The third-order valence-corrected chi connectivity index (χ3v) is 5.30. The quantitative estimate of drug-likeness (QED) is 0.785. The molecule has 0 N–H and O–H groups in total. The lowest BCUT2D eigenvalue weighted by atomic mass is 9.91. The van der Waals surface area contributed by atoms with Gasteiger partial charge in [0.1, 0.15) is 18.8 Å². The molecule has 1 unspecified atom stereocenters. The molecule has 0 amide bonds. The minimum Gasteiger partial charge on any atom is -0.493 e. The van der Waals surface area contributed by atoms with Crippen LogP contribution in [-0.4, -0.2) is 31.7 Å². The molecule has 0 fully saturated rings. The summed E-state index contributed by atoms with van der Waals surface area (Å²) < 4.78 is 22.2.